The molecule has 0 aliphatic carbocycles. The lowest BCUT2D eigenvalue weighted by molar-refractivity contribution is -0.393. The Hall–Kier alpha value is -3.68. The maximum Gasteiger partial charge on any atom is 0.318 e. The van der Waals surface area contributed by atoms with Crippen molar-refractivity contribution in [2.75, 3.05) is 6.79 Å². The largest absolute Gasteiger partial charge is 0.457 e. The monoisotopic (exact) mass is 396 g/mol. The number of rotatable bonds is 8. The molecule has 150 valence electrons. The molecule has 0 radical (unpaired) electrons. The third-order valence-electron chi connectivity index (χ3n) is 4.84. The van der Waals surface area contributed by atoms with E-state index in [1.807, 2.05) is 24.3 Å². The summed E-state index contributed by atoms with van der Waals surface area (Å²) in [7, 11) is 0. The standard InChI is InChI=1S/C21H20N2O6/c1-3-14(2)15-8-10-16(11-9-15)28-13-29-21-18-7-5-4-6-17(18)19(22(24)25)12-20(21)23(26)27/h4-12,14H,3,13H2,1-2H3. The van der Waals surface area contributed by atoms with Gasteiger partial charge >= 0.3 is 5.69 Å². The number of nitro groups is 2. The van der Waals surface area contributed by atoms with Crippen LogP contribution in [0.2, 0.25) is 0 Å². The lowest BCUT2D eigenvalue weighted by Crippen LogP contribution is -2.08. The molecule has 0 amide bonds. The smallest absolute Gasteiger partial charge is 0.318 e. The quantitative estimate of drug-likeness (QED) is 0.279. The molecule has 0 saturated heterocycles. The molecule has 8 heteroatoms. The fraction of sp³-hybridized carbons (Fsp3) is 0.238. The summed E-state index contributed by atoms with van der Waals surface area (Å²) in [5, 5.41) is 23.3. The van der Waals surface area contributed by atoms with Gasteiger partial charge in [-0.25, -0.2) is 0 Å². The van der Waals surface area contributed by atoms with E-state index >= 15 is 0 Å². The third-order valence-corrected chi connectivity index (χ3v) is 4.84. The number of benzene rings is 3. The van der Waals surface area contributed by atoms with Crippen molar-refractivity contribution in [2.24, 2.45) is 0 Å². The maximum atomic E-state index is 11.5. The van der Waals surface area contributed by atoms with Gasteiger partial charge in [-0.2, -0.15) is 0 Å². The van der Waals surface area contributed by atoms with Crippen LogP contribution in [0.25, 0.3) is 10.8 Å². The first kappa shape index (κ1) is 20.1. The number of nitrogens with zero attached hydrogens (tertiary/aromatic N) is 2. The molecule has 0 aliphatic heterocycles. The number of ether oxygens (including phenoxy) is 2. The van der Waals surface area contributed by atoms with Gasteiger partial charge in [0, 0.05) is 5.39 Å². The second kappa shape index (κ2) is 8.55. The second-order valence-corrected chi connectivity index (χ2v) is 6.59. The minimum atomic E-state index is -0.699. The van der Waals surface area contributed by atoms with Crippen molar-refractivity contribution >= 4 is 22.1 Å². The molecule has 1 unspecified atom stereocenters. The van der Waals surface area contributed by atoms with E-state index in [0.717, 1.165) is 12.5 Å². The van der Waals surface area contributed by atoms with Crippen molar-refractivity contribution < 1.29 is 19.3 Å². The first-order valence-electron chi connectivity index (χ1n) is 9.12. The van der Waals surface area contributed by atoms with E-state index in [1.165, 1.54) is 11.6 Å². The zero-order valence-electron chi connectivity index (χ0n) is 16.0. The molecular weight excluding hydrogens is 376 g/mol. The van der Waals surface area contributed by atoms with Gasteiger partial charge in [-0.15, -0.1) is 0 Å². The van der Waals surface area contributed by atoms with E-state index in [-0.39, 0.29) is 29.0 Å². The molecular formula is C21H20N2O6. The first-order valence-corrected chi connectivity index (χ1v) is 9.12. The Morgan fingerprint density at radius 2 is 1.52 bits per heavy atom. The molecule has 0 aromatic heterocycles. The van der Waals surface area contributed by atoms with Crippen LogP contribution in [0.4, 0.5) is 11.4 Å². The van der Waals surface area contributed by atoms with Crippen LogP contribution < -0.4 is 9.47 Å². The Bertz CT molecular complexity index is 1050. The van der Waals surface area contributed by atoms with Crippen molar-refractivity contribution in [3.63, 3.8) is 0 Å². The maximum absolute atomic E-state index is 11.5. The second-order valence-electron chi connectivity index (χ2n) is 6.59. The number of hydrogen-bond donors (Lipinski definition) is 0. The van der Waals surface area contributed by atoms with E-state index in [9.17, 15) is 20.2 Å². The first-order chi connectivity index (χ1) is 13.9. The molecule has 8 nitrogen and oxygen atoms in total. The van der Waals surface area contributed by atoms with E-state index < -0.39 is 15.5 Å². The summed E-state index contributed by atoms with van der Waals surface area (Å²) < 4.78 is 11.1. The van der Waals surface area contributed by atoms with Gasteiger partial charge in [0.25, 0.3) is 5.69 Å². The van der Waals surface area contributed by atoms with E-state index in [2.05, 4.69) is 13.8 Å². The van der Waals surface area contributed by atoms with Crippen LogP contribution in [0.1, 0.15) is 31.7 Å². The summed E-state index contributed by atoms with van der Waals surface area (Å²) in [6, 6.07) is 14.8. The van der Waals surface area contributed by atoms with Crippen molar-refractivity contribution in [3.8, 4) is 11.5 Å². The average Bonchev–Trinajstić information content (AvgIpc) is 2.73. The highest BCUT2D eigenvalue weighted by Crippen LogP contribution is 2.41. The normalized spacial score (nSPS) is 11.8. The molecule has 0 aliphatic rings. The van der Waals surface area contributed by atoms with Gasteiger partial charge in [0.1, 0.15) is 5.75 Å². The molecule has 3 rings (SSSR count). The summed E-state index contributed by atoms with van der Waals surface area (Å²) in [5.41, 5.74) is 0.366. The van der Waals surface area contributed by atoms with Crippen LogP contribution in [0.3, 0.4) is 0 Å². The molecule has 29 heavy (non-hydrogen) atoms. The summed E-state index contributed by atoms with van der Waals surface area (Å²) in [4.78, 5) is 21.4. The number of nitro benzene ring substituents is 2. The molecule has 0 N–H and O–H groups in total. The van der Waals surface area contributed by atoms with Gasteiger partial charge in [0.05, 0.1) is 21.3 Å². The lowest BCUT2D eigenvalue weighted by Gasteiger charge is -2.13. The SMILES string of the molecule is CCC(C)c1ccc(OCOc2c([N+](=O)[O-])cc([N+](=O)[O-])c3ccccc23)cc1. The molecule has 1 atom stereocenters. The fourth-order valence-electron chi connectivity index (χ4n) is 3.04. The van der Waals surface area contributed by atoms with Gasteiger partial charge in [-0.05, 0) is 36.1 Å². The van der Waals surface area contributed by atoms with Crippen LogP contribution in [-0.2, 0) is 0 Å². The van der Waals surface area contributed by atoms with Gasteiger partial charge in [0.2, 0.25) is 12.5 Å². The molecule has 0 heterocycles. The van der Waals surface area contributed by atoms with Gasteiger partial charge in [-0.1, -0.05) is 44.2 Å². The number of non-ortho nitro benzene ring substituents is 1. The van der Waals surface area contributed by atoms with E-state index in [0.29, 0.717) is 11.7 Å². The molecule has 3 aromatic rings. The molecule has 0 bridgehead atoms. The predicted octanol–water partition coefficient (Wildman–Crippen LogP) is 5.59. The topological polar surface area (TPSA) is 105 Å². The van der Waals surface area contributed by atoms with Crippen molar-refractivity contribution in [1.29, 1.82) is 0 Å². The summed E-state index contributed by atoms with van der Waals surface area (Å²) in [5.74, 6) is 0.938. The van der Waals surface area contributed by atoms with Crippen LogP contribution in [0, 0.1) is 20.2 Å². The Morgan fingerprint density at radius 3 is 2.10 bits per heavy atom. The highest BCUT2D eigenvalue weighted by atomic mass is 16.7. The molecule has 3 aromatic carbocycles. The van der Waals surface area contributed by atoms with Crippen LogP contribution in [0.5, 0.6) is 11.5 Å². The predicted molar refractivity (Wildman–Crippen MR) is 109 cm³/mol. The van der Waals surface area contributed by atoms with E-state index in [1.54, 1.807) is 18.2 Å². The van der Waals surface area contributed by atoms with Crippen LogP contribution >= 0.6 is 0 Å². The minimum Gasteiger partial charge on any atom is -0.457 e. The van der Waals surface area contributed by atoms with E-state index in [4.69, 9.17) is 9.47 Å². The summed E-state index contributed by atoms with van der Waals surface area (Å²) >= 11 is 0. The summed E-state index contributed by atoms with van der Waals surface area (Å²) in [6.45, 7) is 3.98. The van der Waals surface area contributed by atoms with Crippen molar-refractivity contribution in [1.82, 2.24) is 0 Å². The minimum absolute atomic E-state index is 0.0626. The lowest BCUT2D eigenvalue weighted by atomic mass is 9.99. The van der Waals surface area contributed by atoms with Crippen molar-refractivity contribution in [3.05, 3.63) is 80.4 Å². The third kappa shape index (κ3) is 4.26. The molecule has 0 spiro atoms. The van der Waals surface area contributed by atoms with Crippen LogP contribution in [0.15, 0.2) is 54.6 Å². The Balaban J connectivity index is 1.86. The van der Waals surface area contributed by atoms with Gasteiger partial charge < -0.3 is 9.47 Å². The average molecular weight is 396 g/mol. The number of hydrogen-bond acceptors (Lipinski definition) is 6. The number of fused-ring (bicyclic) bond motifs is 1. The molecule has 0 saturated carbocycles. The Morgan fingerprint density at radius 1 is 0.897 bits per heavy atom. The Kier molecular flexibility index (Phi) is 5.92. The highest BCUT2D eigenvalue weighted by Gasteiger charge is 2.26. The van der Waals surface area contributed by atoms with Gasteiger partial charge in [-0.3, -0.25) is 20.2 Å². The van der Waals surface area contributed by atoms with Crippen LogP contribution in [-0.4, -0.2) is 16.6 Å². The zero-order chi connectivity index (χ0) is 21.0. The van der Waals surface area contributed by atoms with Gasteiger partial charge in [0.15, 0.2) is 0 Å². The Labute approximate surface area is 167 Å². The van der Waals surface area contributed by atoms with Crippen molar-refractivity contribution in [2.45, 2.75) is 26.2 Å². The zero-order valence-corrected chi connectivity index (χ0v) is 16.0. The summed E-state index contributed by atoms with van der Waals surface area (Å²) in [6.07, 6.45) is 1.03. The fourth-order valence-corrected chi connectivity index (χ4v) is 3.04. The molecule has 0 fully saturated rings. The highest BCUT2D eigenvalue weighted by molar-refractivity contribution is 5.98.